The number of anilines is 1. The molecule has 36 heavy (non-hydrogen) atoms. The molecule has 2 fully saturated rings. The predicted molar refractivity (Wildman–Crippen MR) is 137 cm³/mol. The molecule has 9 nitrogen and oxygen atoms in total. The fraction of sp³-hybridized carbons (Fsp3) is 0.481. The number of nitrogen functional groups attached to an aromatic ring is 1. The number of benzene rings is 1. The Morgan fingerprint density at radius 1 is 1.31 bits per heavy atom. The van der Waals surface area contributed by atoms with Gasteiger partial charge < -0.3 is 21.1 Å². The summed E-state index contributed by atoms with van der Waals surface area (Å²) in [6.45, 7) is 6.37. The van der Waals surface area contributed by atoms with Gasteiger partial charge in [0.25, 0.3) is 5.91 Å². The summed E-state index contributed by atoms with van der Waals surface area (Å²) in [6, 6.07) is 5.98. The third-order valence-corrected chi connectivity index (χ3v) is 7.57. The summed E-state index contributed by atoms with van der Waals surface area (Å²) in [7, 11) is 0. The SMILES string of the molecule is Cc1c(CN(C=O)C(C)C2CC2)cc(-c2ccn3nc(N)c(C(=O)NC(C)CO)c3n2)cc1C1CC1. The van der Waals surface area contributed by atoms with Crippen LogP contribution in [-0.2, 0) is 11.3 Å². The number of nitrogens with two attached hydrogens (primary N) is 1. The van der Waals surface area contributed by atoms with Crippen molar-refractivity contribution in [3.8, 4) is 11.3 Å². The highest BCUT2D eigenvalue weighted by Gasteiger charge is 2.32. The first kappa shape index (κ1) is 24.2. The number of hydrogen-bond donors (Lipinski definition) is 3. The molecule has 2 aliphatic rings. The molecule has 2 saturated carbocycles. The van der Waals surface area contributed by atoms with Crippen molar-refractivity contribution in [2.24, 2.45) is 5.92 Å². The predicted octanol–water partition coefficient (Wildman–Crippen LogP) is 3.03. The summed E-state index contributed by atoms with van der Waals surface area (Å²) >= 11 is 0. The Kier molecular flexibility index (Phi) is 6.42. The van der Waals surface area contributed by atoms with Crippen molar-refractivity contribution in [3.63, 3.8) is 0 Å². The quantitative estimate of drug-likeness (QED) is 0.375. The van der Waals surface area contributed by atoms with Gasteiger partial charge in [-0.2, -0.15) is 0 Å². The van der Waals surface area contributed by atoms with Crippen molar-refractivity contribution in [2.75, 3.05) is 12.3 Å². The highest BCUT2D eigenvalue weighted by Crippen LogP contribution is 2.44. The first-order valence-corrected chi connectivity index (χ1v) is 12.7. The van der Waals surface area contributed by atoms with Gasteiger partial charge in [0, 0.05) is 30.4 Å². The first-order valence-electron chi connectivity index (χ1n) is 12.7. The fourth-order valence-electron chi connectivity index (χ4n) is 4.92. The van der Waals surface area contributed by atoms with Crippen LogP contribution in [0, 0.1) is 12.8 Å². The van der Waals surface area contributed by atoms with E-state index in [0.29, 0.717) is 29.7 Å². The summed E-state index contributed by atoms with van der Waals surface area (Å²) in [4.78, 5) is 31.5. The maximum atomic E-state index is 12.9. The Bertz CT molecular complexity index is 1310. The minimum Gasteiger partial charge on any atom is -0.394 e. The number of rotatable bonds is 10. The molecule has 0 bridgehead atoms. The van der Waals surface area contributed by atoms with Gasteiger partial charge in [0.15, 0.2) is 11.5 Å². The minimum absolute atomic E-state index is 0.0845. The lowest BCUT2D eigenvalue weighted by molar-refractivity contribution is -0.120. The molecule has 4 N–H and O–H groups in total. The van der Waals surface area contributed by atoms with Gasteiger partial charge in [-0.25, -0.2) is 9.50 Å². The topological polar surface area (TPSA) is 126 Å². The molecule has 0 aliphatic heterocycles. The second-order valence-corrected chi connectivity index (χ2v) is 10.4. The molecule has 9 heteroatoms. The van der Waals surface area contributed by atoms with Crippen LogP contribution in [0.5, 0.6) is 0 Å². The van der Waals surface area contributed by atoms with E-state index in [1.54, 1.807) is 13.1 Å². The Morgan fingerprint density at radius 3 is 2.69 bits per heavy atom. The molecule has 2 unspecified atom stereocenters. The van der Waals surface area contributed by atoms with Crippen molar-refractivity contribution in [3.05, 3.63) is 46.6 Å². The minimum atomic E-state index is -0.423. The number of carbonyl (C=O) groups is 2. The molecule has 0 radical (unpaired) electrons. The zero-order valence-corrected chi connectivity index (χ0v) is 21.1. The molecule has 2 aromatic heterocycles. The van der Waals surface area contributed by atoms with Gasteiger partial charge >= 0.3 is 0 Å². The van der Waals surface area contributed by atoms with Gasteiger partial charge in [0.1, 0.15) is 5.56 Å². The van der Waals surface area contributed by atoms with Crippen LogP contribution in [0.3, 0.4) is 0 Å². The van der Waals surface area contributed by atoms with Crippen LogP contribution in [0.1, 0.15) is 72.5 Å². The number of nitrogens with zero attached hydrogens (tertiary/aromatic N) is 4. The van der Waals surface area contributed by atoms with Crippen molar-refractivity contribution in [2.45, 2.75) is 71.0 Å². The summed E-state index contributed by atoms with van der Waals surface area (Å²) in [5.41, 5.74) is 11.9. The fourth-order valence-corrected chi connectivity index (χ4v) is 4.92. The molecule has 190 valence electrons. The number of aliphatic hydroxyl groups excluding tert-OH is 1. The Hall–Kier alpha value is -3.46. The van der Waals surface area contributed by atoms with Gasteiger partial charge in [0.2, 0.25) is 6.41 Å². The number of aromatic nitrogens is 3. The molecule has 1 aromatic carbocycles. The lowest BCUT2D eigenvalue weighted by Crippen LogP contribution is -2.35. The second kappa shape index (κ2) is 9.54. The molecule has 0 spiro atoms. The zero-order valence-electron chi connectivity index (χ0n) is 21.1. The van der Waals surface area contributed by atoms with Crippen molar-refractivity contribution < 1.29 is 14.7 Å². The molecular formula is C27H34N6O3. The van der Waals surface area contributed by atoms with Crippen LogP contribution in [0.25, 0.3) is 16.9 Å². The summed E-state index contributed by atoms with van der Waals surface area (Å²) in [5.74, 6) is 0.787. The van der Waals surface area contributed by atoms with Crippen LogP contribution in [0.4, 0.5) is 5.82 Å². The second-order valence-electron chi connectivity index (χ2n) is 10.4. The third kappa shape index (κ3) is 4.67. The monoisotopic (exact) mass is 490 g/mol. The highest BCUT2D eigenvalue weighted by atomic mass is 16.3. The van der Waals surface area contributed by atoms with Gasteiger partial charge in [-0.3, -0.25) is 9.59 Å². The van der Waals surface area contributed by atoms with E-state index in [0.717, 1.165) is 17.5 Å². The van der Waals surface area contributed by atoms with E-state index < -0.39 is 11.9 Å². The third-order valence-electron chi connectivity index (χ3n) is 7.57. The number of aliphatic hydroxyl groups is 1. The van der Waals surface area contributed by atoms with Crippen LogP contribution in [0.2, 0.25) is 0 Å². The zero-order chi connectivity index (χ0) is 25.6. The summed E-state index contributed by atoms with van der Waals surface area (Å²) in [6.07, 6.45) is 7.43. The van der Waals surface area contributed by atoms with E-state index in [2.05, 4.69) is 36.4 Å². The number of hydrogen-bond acceptors (Lipinski definition) is 6. The molecule has 5 rings (SSSR count). The normalized spacial score (nSPS) is 17.1. The van der Waals surface area contributed by atoms with Gasteiger partial charge in [-0.1, -0.05) is 0 Å². The van der Waals surface area contributed by atoms with E-state index in [9.17, 15) is 14.7 Å². The molecule has 3 aromatic rings. The summed E-state index contributed by atoms with van der Waals surface area (Å²) < 4.78 is 1.50. The Labute approximate surface area is 210 Å². The van der Waals surface area contributed by atoms with Crippen molar-refractivity contribution in [1.82, 2.24) is 24.8 Å². The first-order chi connectivity index (χ1) is 17.3. The van der Waals surface area contributed by atoms with E-state index in [4.69, 9.17) is 10.7 Å². The average Bonchev–Trinajstić information content (AvgIpc) is 3.78. The Balaban J connectivity index is 1.55. The number of fused-ring (bicyclic) bond motifs is 1. The number of nitrogens with one attached hydrogen (secondary N) is 1. The number of carbonyl (C=O) groups excluding carboxylic acids is 2. The maximum Gasteiger partial charge on any atom is 0.259 e. The molecule has 2 atom stereocenters. The molecule has 0 saturated heterocycles. The van der Waals surface area contributed by atoms with E-state index in [1.807, 2.05) is 11.0 Å². The van der Waals surface area contributed by atoms with Crippen LogP contribution < -0.4 is 11.1 Å². The van der Waals surface area contributed by atoms with Gasteiger partial charge in [-0.05, 0) is 93.2 Å². The van der Waals surface area contributed by atoms with Crippen LogP contribution >= 0.6 is 0 Å². The highest BCUT2D eigenvalue weighted by molar-refractivity contribution is 6.04. The molecule has 2 amide bonds. The van der Waals surface area contributed by atoms with Crippen LogP contribution in [0.15, 0.2) is 24.4 Å². The average molecular weight is 491 g/mol. The standard InChI is InChI=1S/C27H34N6O3/c1-15(13-34)29-27(36)24-25(28)31-33-9-8-23(30-26(24)33)20-10-21(16(2)22(11-20)19-6-7-19)12-32(14-35)17(3)18-4-5-18/h8-11,14-15,17-19,34H,4-7,12-13H2,1-3H3,(H2,28,31)(H,29,36). The van der Waals surface area contributed by atoms with Crippen LogP contribution in [-0.4, -0.2) is 55.6 Å². The lowest BCUT2D eigenvalue weighted by Gasteiger charge is -2.27. The van der Waals surface area contributed by atoms with E-state index in [1.165, 1.54) is 41.3 Å². The van der Waals surface area contributed by atoms with Crippen molar-refractivity contribution in [1.29, 1.82) is 0 Å². The number of amides is 2. The summed E-state index contributed by atoms with van der Waals surface area (Å²) in [5, 5.41) is 16.3. The van der Waals surface area contributed by atoms with Gasteiger partial charge in [0.05, 0.1) is 12.3 Å². The molecule has 2 heterocycles. The lowest BCUT2D eigenvalue weighted by atomic mass is 9.94. The van der Waals surface area contributed by atoms with Crippen molar-refractivity contribution >= 4 is 23.8 Å². The largest absolute Gasteiger partial charge is 0.394 e. The maximum absolute atomic E-state index is 12.9. The Morgan fingerprint density at radius 2 is 2.06 bits per heavy atom. The van der Waals surface area contributed by atoms with E-state index >= 15 is 0 Å². The smallest absolute Gasteiger partial charge is 0.259 e. The van der Waals surface area contributed by atoms with Gasteiger partial charge in [-0.15, -0.1) is 5.10 Å². The molecule has 2 aliphatic carbocycles. The van der Waals surface area contributed by atoms with E-state index in [-0.39, 0.29) is 24.0 Å². The molecular weight excluding hydrogens is 456 g/mol.